The minimum Gasteiger partial charge on any atom is -0.329 e. The molecule has 2 rings (SSSR count). The van der Waals surface area contributed by atoms with Crippen molar-refractivity contribution in [1.82, 2.24) is 4.90 Å². The van der Waals surface area contributed by atoms with Crippen LogP contribution in [0.1, 0.15) is 65.7 Å². The molecule has 2 fully saturated rings. The van der Waals surface area contributed by atoms with Gasteiger partial charge in [0.15, 0.2) is 0 Å². The average molecular weight is 252 g/mol. The fourth-order valence-corrected chi connectivity index (χ4v) is 3.77. The van der Waals surface area contributed by atoms with Crippen LogP contribution in [0.25, 0.3) is 0 Å². The number of hydrogen-bond acceptors (Lipinski definition) is 2. The molecule has 0 aliphatic heterocycles. The second-order valence-corrected chi connectivity index (χ2v) is 6.90. The number of hydrogen-bond donors (Lipinski definition) is 1. The maximum atomic E-state index is 6.24. The predicted octanol–water partition coefficient (Wildman–Crippen LogP) is 3.40. The summed E-state index contributed by atoms with van der Waals surface area (Å²) in [6.45, 7) is 9.28. The van der Waals surface area contributed by atoms with E-state index in [2.05, 4.69) is 25.7 Å². The Bertz CT molecular complexity index is 262. The zero-order chi connectivity index (χ0) is 13.2. The molecule has 0 spiro atoms. The molecule has 0 saturated heterocycles. The van der Waals surface area contributed by atoms with Gasteiger partial charge < -0.3 is 5.73 Å². The van der Waals surface area contributed by atoms with Crippen LogP contribution in [0.15, 0.2) is 0 Å². The lowest BCUT2D eigenvalue weighted by molar-refractivity contribution is 0.0138. The summed E-state index contributed by atoms with van der Waals surface area (Å²) in [6, 6.07) is 0.862. The smallest absolute Gasteiger partial charge is 0.0337 e. The highest BCUT2D eigenvalue weighted by Crippen LogP contribution is 2.44. The van der Waals surface area contributed by atoms with Crippen LogP contribution >= 0.6 is 0 Å². The summed E-state index contributed by atoms with van der Waals surface area (Å²) in [5.74, 6) is 1.72. The maximum absolute atomic E-state index is 6.24. The molecule has 106 valence electrons. The van der Waals surface area contributed by atoms with Crippen LogP contribution in [-0.2, 0) is 0 Å². The van der Waals surface area contributed by atoms with Crippen molar-refractivity contribution in [3.63, 3.8) is 0 Å². The van der Waals surface area contributed by atoms with Crippen LogP contribution in [0.5, 0.6) is 0 Å². The zero-order valence-corrected chi connectivity index (χ0v) is 12.6. The molecule has 0 heterocycles. The fourth-order valence-electron chi connectivity index (χ4n) is 3.77. The van der Waals surface area contributed by atoms with Crippen molar-refractivity contribution in [2.45, 2.75) is 77.3 Å². The van der Waals surface area contributed by atoms with Crippen LogP contribution in [0.4, 0.5) is 0 Å². The van der Waals surface area contributed by atoms with Gasteiger partial charge in [-0.05, 0) is 56.9 Å². The van der Waals surface area contributed by atoms with Gasteiger partial charge in [-0.25, -0.2) is 0 Å². The van der Waals surface area contributed by atoms with Gasteiger partial charge in [0, 0.05) is 18.1 Å². The Kier molecular flexibility index (Phi) is 4.71. The molecule has 0 aromatic carbocycles. The van der Waals surface area contributed by atoms with Crippen molar-refractivity contribution in [3.05, 3.63) is 0 Å². The van der Waals surface area contributed by atoms with Crippen molar-refractivity contribution >= 4 is 0 Å². The third kappa shape index (κ3) is 2.91. The molecule has 0 aromatic heterocycles. The standard InChI is InChI=1S/C16H32N2/c1-4-5-10-18(15-6-7-15)16(12-17)9-8-13(2)14(3)11-16/h13-15H,4-12,17H2,1-3H3. The van der Waals surface area contributed by atoms with Crippen molar-refractivity contribution in [3.8, 4) is 0 Å². The van der Waals surface area contributed by atoms with Crippen molar-refractivity contribution in [2.75, 3.05) is 13.1 Å². The molecule has 0 aromatic rings. The lowest BCUT2D eigenvalue weighted by Crippen LogP contribution is -2.58. The number of rotatable bonds is 6. The van der Waals surface area contributed by atoms with Gasteiger partial charge in [-0.2, -0.15) is 0 Å². The zero-order valence-electron chi connectivity index (χ0n) is 12.6. The van der Waals surface area contributed by atoms with E-state index in [-0.39, 0.29) is 0 Å². The Balaban J connectivity index is 2.08. The summed E-state index contributed by atoms with van der Waals surface area (Å²) in [5.41, 5.74) is 6.58. The van der Waals surface area contributed by atoms with Gasteiger partial charge in [-0.15, -0.1) is 0 Å². The van der Waals surface area contributed by atoms with Gasteiger partial charge in [0.05, 0.1) is 0 Å². The second-order valence-electron chi connectivity index (χ2n) is 6.90. The van der Waals surface area contributed by atoms with E-state index in [9.17, 15) is 0 Å². The molecule has 2 saturated carbocycles. The van der Waals surface area contributed by atoms with Gasteiger partial charge in [0.25, 0.3) is 0 Å². The van der Waals surface area contributed by atoms with Crippen LogP contribution in [-0.4, -0.2) is 29.6 Å². The molecule has 2 nitrogen and oxygen atoms in total. The van der Waals surface area contributed by atoms with Crippen molar-refractivity contribution < 1.29 is 0 Å². The summed E-state index contributed by atoms with van der Waals surface area (Å²) in [4.78, 5) is 2.82. The van der Waals surface area contributed by atoms with Crippen molar-refractivity contribution in [1.29, 1.82) is 0 Å². The average Bonchev–Trinajstić information content (AvgIpc) is 3.18. The quantitative estimate of drug-likeness (QED) is 0.785. The first-order chi connectivity index (χ1) is 8.63. The molecule has 2 heteroatoms. The van der Waals surface area contributed by atoms with E-state index in [0.717, 1.165) is 24.4 Å². The molecule has 0 amide bonds. The normalized spacial score (nSPS) is 37.2. The first kappa shape index (κ1) is 14.3. The molecular formula is C16H32N2. The minimum absolute atomic E-state index is 0.336. The largest absolute Gasteiger partial charge is 0.329 e. The second kappa shape index (κ2) is 5.92. The highest BCUT2D eigenvalue weighted by atomic mass is 15.3. The van der Waals surface area contributed by atoms with Gasteiger partial charge in [-0.3, -0.25) is 4.90 Å². The summed E-state index contributed by atoms with van der Waals surface area (Å²) in [6.07, 6.45) is 9.48. The van der Waals surface area contributed by atoms with Crippen LogP contribution in [0, 0.1) is 11.8 Å². The van der Waals surface area contributed by atoms with Gasteiger partial charge in [0.1, 0.15) is 0 Å². The number of unbranched alkanes of at least 4 members (excludes halogenated alkanes) is 1. The van der Waals surface area contributed by atoms with Gasteiger partial charge in [0.2, 0.25) is 0 Å². The SMILES string of the molecule is CCCCN(C1CC1)C1(CN)CCC(C)C(C)C1. The molecule has 0 bridgehead atoms. The van der Waals surface area contributed by atoms with E-state index < -0.39 is 0 Å². The first-order valence-electron chi connectivity index (χ1n) is 8.10. The molecule has 3 unspecified atom stereocenters. The van der Waals surface area contributed by atoms with E-state index in [0.29, 0.717) is 5.54 Å². The lowest BCUT2D eigenvalue weighted by atomic mass is 9.70. The van der Waals surface area contributed by atoms with E-state index >= 15 is 0 Å². The number of nitrogens with two attached hydrogens (primary N) is 1. The van der Waals surface area contributed by atoms with E-state index in [4.69, 9.17) is 5.73 Å². The topological polar surface area (TPSA) is 29.3 Å². The molecule has 0 radical (unpaired) electrons. The highest BCUT2D eigenvalue weighted by Gasteiger charge is 2.46. The predicted molar refractivity (Wildman–Crippen MR) is 78.6 cm³/mol. The Morgan fingerprint density at radius 1 is 1.17 bits per heavy atom. The van der Waals surface area contributed by atoms with Gasteiger partial charge in [-0.1, -0.05) is 27.2 Å². The molecule has 2 N–H and O–H groups in total. The summed E-state index contributed by atoms with van der Waals surface area (Å²) in [5, 5.41) is 0. The lowest BCUT2D eigenvalue weighted by Gasteiger charge is -2.50. The van der Waals surface area contributed by atoms with Crippen molar-refractivity contribution in [2.24, 2.45) is 17.6 Å². The monoisotopic (exact) mass is 252 g/mol. The summed E-state index contributed by atoms with van der Waals surface area (Å²) < 4.78 is 0. The van der Waals surface area contributed by atoms with Gasteiger partial charge >= 0.3 is 0 Å². The summed E-state index contributed by atoms with van der Waals surface area (Å²) >= 11 is 0. The molecule has 2 aliphatic carbocycles. The highest BCUT2D eigenvalue weighted by molar-refractivity contribution is 5.02. The first-order valence-corrected chi connectivity index (χ1v) is 8.10. The van der Waals surface area contributed by atoms with Crippen LogP contribution in [0.2, 0.25) is 0 Å². The Morgan fingerprint density at radius 2 is 1.89 bits per heavy atom. The Labute approximate surface area is 113 Å². The molecule has 3 atom stereocenters. The van der Waals surface area contributed by atoms with Crippen LogP contribution < -0.4 is 5.73 Å². The molecule has 2 aliphatic rings. The maximum Gasteiger partial charge on any atom is 0.0337 e. The Hall–Kier alpha value is -0.0800. The van der Waals surface area contributed by atoms with E-state index in [1.165, 1.54) is 51.5 Å². The molecule has 18 heavy (non-hydrogen) atoms. The number of nitrogens with zero attached hydrogens (tertiary/aromatic N) is 1. The molecular weight excluding hydrogens is 220 g/mol. The van der Waals surface area contributed by atoms with Crippen LogP contribution in [0.3, 0.4) is 0 Å². The fraction of sp³-hybridized carbons (Fsp3) is 1.00. The Morgan fingerprint density at radius 3 is 2.39 bits per heavy atom. The van der Waals surface area contributed by atoms with E-state index in [1.54, 1.807) is 0 Å². The third-order valence-corrected chi connectivity index (χ3v) is 5.47. The minimum atomic E-state index is 0.336. The van der Waals surface area contributed by atoms with E-state index in [1.807, 2.05) is 0 Å². The summed E-state index contributed by atoms with van der Waals surface area (Å²) in [7, 11) is 0. The third-order valence-electron chi connectivity index (χ3n) is 5.47.